The smallest absolute Gasteiger partial charge is 0.255 e. The summed E-state index contributed by atoms with van der Waals surface area (Å²) in [5.74, 6) is 1.16. The first-order valence-electron chi connectivity index (χ1n) is 9.87. The Morgan fingerprint density at radius 1 is 1.22 bits per heavy atom. The minimum absolute atomic E-state index is 0. The number of hydrogen-bond donors (Lipinski definition) is 2. The first-order valence-corrected chi connectivity index (χ1v) is 9.87. The Balaban J connectivity index is 0.00000280. The van der Waals surface area contributed by atoms with Crippen molar-refractivity contribution in [3.05, 3.63) is 53.9 Å². The number of nitrogens with zero attached hydrogens (tertiary/aromatic N) is 1. The molecule has 2 aromatic rings. The summed E-state index contributed by atoms with van der Waals surface area (Å²) >= 11 is 0. The van der Waals surface area contributed by atoms with Crippen LogP contribution in [0.15, 0.2) is 42.6 Å². The normalized spacial score (nSPS) is 19.0. The summed E-state index contributed by atoms with van der Waals surface area (Å²) in [5, 5.41) is 6.26. The molecule has 0 bridgehead atoms. The van der Waals surface area contributed by atoms with Crippen molar-refractivity contribution < 1.29 is 11.0 Å². The maximum Gasteiger partial charge on any atom is 0.255 e. The Kier molecular flexibility index (Phi) is 6.82. The minimum atomic E-state index is -0.138. The predicted octanol–water partition coefficient (Wildman–Crippen LogP) is 4.61. The molecule has 0 radical (unpaired) electrons. The van der Waals surface area contributed by atoms with E-state index < -0.39 is 0 Å². The van der Waals surface area contributed by atoms with Crippen LogP contribution in [0.2, 0.25) is 0 Å². The van der Waals surface area contributed by atoms with Gasteiger partial charge in [0.05, 0.1) is 18.5 Å². The van der Waals surface area contributed by atoms with Crippen molar-refractivity contribution in [2.24, 2.45) is 0 Å². The van der Waals surface area contributed by atoms with E-state index in [1.54, 1.807) is 18.3 Å². The standard InChI is InChI=1S/C22H29N3O2.H2/c1-3-4-13-27-20-10-6-16(7-11-20)22(26)25-19-9-12-21(24-15-19)17-5-8-18(14-17)23-2;/h6-7,9-12,15,17-18,23H,3-5,8,13-14H2,1-2H3,(H,25,26);1H. The Morgan fingerprint density at radius 2 is 2.04 bits per heavy atom. The van der Waals surface area contributed by atoms with E-state index in [0.717, 1.165) is 42.8 Å². The van der Waals surface area contributed by atoms with Gasteiger partial charge >= 0.3 is 0 Å². The molecule has 27 heavy (non-hydrogen) atoms. The molecule has 2 N–H and O–H groups in total. The van der Waals surface area contributed by atoms with E-state index in [1.807, 2.05) is 31.3 Å². The number of aromatic nitrogens is 1. The minimum Gasteiger partial charge on any atom is -0.494 e. The van der Waals surface area contributed by atoms with Gasteiger partial charge in [-0.1, -0.05) is 13.3 Å². The van der Waals surface area contributed by atoms with Crippen LogP contribution < -0.4 is 15.4 Å². The number of unbranched alkanes of at least 4 members (excludes halogenated alkanes) is 1. The van der Waals surface area contributed by atoms with Crippen LogP contribution in [0.3, 0.4) is 0 Å². The number of rotatable bonds is 8. The monoisotopic (exact) mass is 369 g/mol. The Bertz CT molecular complexity index is 734. The number of anilines is 1. The summed E-state index contributed by atoms with van der Waals surface area (Å²) in [4.78, 5) is 17.0. The van der Waals surface area contributed by atoms with Crippen LogP contribution in [0.4, 0.5) is 5.69 Å². The van der Waals surface area contributed by atoms with Gasteiger partial charge < -0.3 is 15.4 Å². The van der Waals surface area contributed by atoms with Crippen LogP contribution >= 0.6 is 0 Å². The number of pyridine rings is 1. The van der Waals surface area contributed by atoms with E-state index in [-0.39, 0.29) is 7.33 Å². The van der Waals surface area contributed by atoms with Crippen molar-refractivity contribution in [1.29, 1.82) is 0 Å². The van der Waals surface area contributed by atoms with Crippen molar-refractivity contribution in [1.82, 2.24) is 10.3 Å². The van der Waals surface area contributed by atoms with E-state index in [2.05, 4.69) is 22.5 Å². The lowest BCUT2D eigenvalue weighted by atomic mass is 10.0. The third kappa shape index (κ3) is 5.30. The number of ether oxygens (including phenoxy) is 1. The second-order valence-corrected chi connectivity index (χ2v) is 7.15. The molecule has 146 valence electrons. The van der Waals surface area contributed by atoms with Crippen LogP contribution in [0, 0.1) is 0 Å². The highest BCUT2D eigenvalue weighted by Crippen LogP contribution is 2.33. The second kappa shape index (κ2) is 9.51. The number of nitrogens with one attached hydrogen (secondary N) is 2. The SMILES string of the molecule is CCCCOc1ccc(C(=O)Nc2ccc(C3CCC(NC)C3)nc2)cc1.[HH]. The fraction of sp³-hybridized carbons (Fsp3) is 0.455. The van der Waals surface area contributed by atoms with Crippen molar-refractivity contribution >= 4 is 11.6 Å². The highest BCUT2D eigenvalue weighted by molar-refractivity contribution is 6.04. The molecule has 1 saturated carbocycles. The summed E-state index contributed by atoms with van der Waals surface area (Å²) < 4.78 is 5.63. The fourth-order valence-electron chi connectivity index (χ4n) is 3.47. The molecule has 2 unspecified atom stereocenters. The van der Waals surface area contributed by atoms with Crippen molar-refractivity contribution in [3.63, 3.8) is 0 Å². The highest BCUT2D eigenvalue weighted by atomic mass is 16.5. The quantitative estimate of drug-likeness (QED) is 0.667. The van der Waals surface area contributed by atoms with Gasteiger partial charge in [-0.05, 0) is 69.1 Å². The molecule has 5 nitrogen and oxygen atoms in total. The first kappa shape index (κ1) is 19.4. The molecule has 0 aliphatic heterocycles. The van der Waals surface area contributed by atoms with Crippen LogP contribution in [-0.2, 0) is 0 Å². The van der Waals surface area contributed by atoms with Crippen molar-refractivity contribution in [2.75, 3.05) is 19.0 Å². The van der Waals surface area contributed by atoms with E-state index in [1.165, 1.54) is 6.42 Å². The summed E-state index contributed by atoms with van der Waals surface area (Å²) in [7, 11) is 2.02. The van der Waals surface area contributed by atoms with Gasteiger partial charge in [0.15, 0.2) is 0 Å². The van der Waals surface area contributed by atoms with Gasteiger partial charge in [0.2, 0.25) is 0 Å². The third-order valence-corrected chi connectivity index (χ3v) is 5.19. The molecule has 2 atom stereocenters. The Morgan fingerprint density at radius 3 is 2.67 bits per heavy atom. The van der Waals surface area contributed by atoms with Crippen molar-refractivity contribution in [3.8, 4) is 5.75 Å². The van der Waals surface area contributed by atoms with E-state index in [4.69, 9.17) is 4.74 Å². The molecule has 1 fully saturated rings. The third-order valence-electron chi connectivity index (χ3n) is 5.19. The zero-order valence-electron chi connectivity index (χ0n) is 16.2. The van der Waals surface area contributed by atoms with Gasteiger partial charge in [0.25, 0.3) is 5.91 Å². The Hall–Kier alpha value is -2.40. The second-order valence-electron chi connectivity index (χ2n) is 7.15. The molecular formula is C22H31N3O2. The molecule has 0 saturated heterocycles. The zero-order chi connectivity index (χ0) is 19.1. The van der Waals surface area contributed by atoms with Crippen LogP contribution in [0.5, 0.6) is 5.75 Å². The largest absolute Gasteiger partial charge is 0.494 e. The topological polar surface area (TPSA) is 63.2 Å². The molecular weight excluding hydrogens is 338 g/mol. The maximum atomic E-state index is 12.4. The van der Waals surface area contributed by atoms with E-state index in [0.29, 0.717) is 24.1 Å². The predicted molar refractivity (Wildman–Crippen MR) is 111 cm³/mol. The van der Waals surface area contributed by atoms with Crippen LogP contribution in [0.25, 0.3) is 0 Å². The summed E-state index contributed by atoms with van der Waals surface area (Å²) in [5.41, 5.74) is 2.43. The molecule has 1 amide bonds. The number of carbonyl (C=O) groups is 1. The number of carbonyl (C=O) groups excluding carboxylic acids is 1. The molecule has 5 heteroatoms. The average molecular weight is 370 g/mol. The lowest BCUT2D eigenvalue weighted by molar-refractivity contribution is 0.102. The van der Waals surface area contributed by atoms with E-state index >= 15 is 0 Å². The molecule has 1 aromatic carbocycles. The molecule has 1 aliphatic carbocycles. The number of amides is 1. The lowest BCUT2D eigenvalue weighted by Gasteiger charge is -2.11. The highest BCUT2D eigenvalue weighted by Gasteiger charge is 2.25. The summed E-state index contributed by atoms with van der Waals surface area (Å²) in [6.07, 6.45) is 7.37. The van der Waals surface area contributed by atoms with Crippen LogP contribution in [0.1, 0.15) is 62.4 Å². The van der Waals surface area contributed by atoms with Gasteiger partial charge in [-0.15, -0.1) is 0 Å². The maximum absolute atomic E-state index is 12.4. The number of benzene rings is 1. The van der Waals surface area contributed by atoms with E-state index in [9.17, 15) is 4.79 Å². The molecule has 1 heterocycles. The Labute approximate surface area is 163 Å². The molecule has 0 spiro atoms. The van der Waals surface area contributed by atoms with Gasteiger partial charge in [-0.25, -0.2) is 0 Å². The first-order chi connectivity index (χ1) is 13.2. The van der Waals surface area contributed by atoms with Gasteiger partial charge in [0.1, 0.15) is 5.75 Å². The van der Waals surface area contributed by atoms with Crippen LogP contribution in [-0.4, -0.2) is 30.6 Å². The van der Waals surface area contributed by atoms with Gasteiger partial charge in [0, 0.05) is 24.6 Å². The van der Waals surface area contributed by atoms with Crippen molar-refractivity contribution in [2.45, 2.75) is 51.0 Å². The summed E-state index contributed by atoms with van der Waals surface area (Å²) in [6, 6.07) is 11.8. The molecule has 1 aromatic heterocycles. The van der Waals surface area contributed by atoms with Gasteiger partial charge in [-0.2, -0.15) is 0 Å². The zero-order valence-corrected chi connectivity index (χ0v) is 16.2. The molecule has 1 aliphatic rings. The lowest BCUT2D eigenvalue weighted by Crippen LogP contribution is -2.21. The summed E-state index contributed by atoms with van der Waals surface area (Å²) in [6.45, 7) is 2.83. The fourth-order valence-corrected chi connectivity index (χ4v) is 3.47. The van der Waals surface area contributed by atoms with Gasteiger partial charge in [-0.3, -0.25) is 9.78 Å². The molecule has 3 rings (SSSR count). The average Bonchev–Trinajstić information content (AvgIpc) is 3.18. The number of hydrogen-bond acceptors (Lipinski definition) is 4.